The van der Waals surface area contributed by atoms with Crippen LogP contribution in [0.1, 0.15) is 5.56 Å². The van der Waals surface area contributed by atoms with Crippen molar-refractivity contribution < 1.29 is 9.53 Å². The van der Waals surface area contributed by atoms with Crippen molar-refractivity contribution in [3.05, 3.63) is 72.6 Å². The van der Waals surface area contributed by atoms with E-state index in [2.05, 4.69) is 10.3 Å². The van der Waals surface area contributed by atoms with Crippen molar-refractivity contribution in [2.75, 3.05) is 11.9 Å². The quantitative estimate of drug-likeness (QED) is 0.784. The molecule has 0 aliphatic carbocycles. The highest BCUT2D eigenvalue weighted by Crippen LogP contribution is 2.17. The molecule has 1 heterocycles. The summed E-state index contributed by atoms with van der Waals surface area (Å²) in [6.07, 6.45) is 3.53. The molecule has 1 amide bonds. The maximum absolute atomic E-state index is 11.9. The van der Waals surface area contributed by atoms with Crippen LogP contribution in [0.2, 0.25) is 0 Å². The summed E-state index contributed by atoms with van der Waals surface area (Å²) in [5.41, 5.74) is 1.81. The summed E-state index contributed by atoms with van der Waals surface area (Å²) < 4.78 is 5.42. The van der Waals surface area contributed by atoms with E-state index in [-0.39, 0.29) is 12.5 Å². The number of benzene rings is 2. The Morgan fingerprint density at radius 2 is 1.91 bits per heavy atom. The molecule has 0 aliphatic rings. The number of ether oxygens (including phenoxy) is 1. The lowest BCUT2D eigenvalue weighted by atomic mass is 10.1. The molecule has 4 heteroatoms. The maximum atomic E-state index is 11.9. The van der Waals surface area contributed by atoms with E-state index < -0.39 is 0 Å². The summed E-state index contributed by atoms with van der Waals surface area (Å²) >= 11 is 0. The summed E-state index contributed by atoms with van der Waals surface area (Å²) in [5.74, 6) is -0.163. The molecule has 0 spiro atoms. The number of nitrogens with one attached hydrogen (secondary N) is 1. The number of fused-ring (bicyclic) bond motifs is 1. The Labute approximate surface area is 128 Å². The number of hydrogen-bond acceptors (Lipinski definition) is 3. The van der Waals surface area contributed by atoms with E-state index in [0.717, 1.165) is 22.0 Å². The van der Waals surface area contributed by atoms with Gasteiger partial charge in [0.15, 0.2) is 0 Å². The van der Waals surface area contributed by atoms with E-state index in [1.807, 2.05) is 54.6 Å². The monoisotopic (exact) mass is 292 g/mol. The van der Waals surface area contributed by atoms with Crippen molar-refractivity contribution in [2.24, 2.45) is 0 Å². The first kappa shape index (κ1) is 14.2. The molecule has 0 saturated heterocycles. The first-order valence-electron chi connectivity index (χ1n) is 7.06. The number of aromatic nitrogens is 1. The molecule has 0 fully saturated rings. The molecule has 3 aromatic rings. The van der Waals surface area contributed by atoms with Crippen molar-refractivity contribution in [3.63, 3.8) is 0 Å². The molecule has 1 aromatic heterocycles. The van der Waals surface area contributed by atoms with Gasteiger partial charge in [0.05, 0.1) is 6.61 Å². The third-order valence-corrected chi connectivity index (χ3v) is 3.27. The van der Waals surface area contributed by atoms with Crippen LogP contribution in [0.25, 0.3) is 10.8 Å². The number of rotatable bonds is 5. The van der Waals surface area contributed by atoms with Gasteiger partial charge in [0.1, 0.15) is 6.61 Å². The zero-order valence-electron chi connectivity index (χ0n) is 12.0. The lowest BCUT2D eigenvalue weighted by Crippen LogP contribution is -2.18. The summed E-state index contributed by atoms with van der Waals surface area (Å²) in [7, 11) is 0. The fraction of sp³-hybridized carbons (Fsp3) is 0.111. The number of anilines is 1. The molecule has 0 saturated carbocycles. The van der Waals surface area contributed by atoms with Crippen molar-refractivity contribution in [2.45, 2.75) is 6.61 Å². The van der Waals surface area contributed by atoms with Gasteiger partial charge in [-0.2, -0.15) is 0 Å². The van der Waals surface area contributed by atoms with E-state index in [1.165, 1.54) is 0 Å². The van der Waals surface area contributed by atoms with Gasteiger partial charge in [-0.15, -0.1) is 0 Å². The molecular formula is C18H16N2O2. The Morgan fingerprint density at radius 3 is 2.77 bits per heavy atom. The first-order chi connectivity index (χ1) is 10.8. The number of hydrogen-bond donors (Lipinski definition) is 1. The fourth-order valence-corrected chi connectivity index (χ4v) is 2.19. The third-order valence-electron chi connectivity index (χ3n) is 3.27. The van der Waals surface area contributed by atoms with Crippen LogP contribution in [0.15, 0.2) is 67.0 Å². The second-order valence-electron chi connectivity index (χ2n) is 4.96. The number of carbonyl (C=O) groups is 1. The fourth-order valence-electron chi connectivity index (χ4n) is 2.19. The minimum atomic E-state index is -0.163. The summed E-state index contributed by atoms with van der Waals surface area (Å²) in [5, 5.41) is 4.92. The summed E-state index contributed by atoms with van der Waals surface area (Å²) in [6, 6.07) is 17.4. The van der Waals surface area contributed by atoms with E-state index in [9.17, 15) is 4.79 Å². The standard InChI is InChI=1S/C18H16N2O2/c21-18(13-22-12-14-4-2-1-3-5-14)20-17-7-6-16-11-19-9-8-15(16)10-17/h1-11H,12-13H2,(H,20,21). The predicted molar refractivity (Wildman–Crippen MR) is 86.5 cm³/mol. The van der Waals surface area contributed by atoms with Gasteiger partial charge in [0.25, 0.3) is 0 Å². The second kappa shape index (κ2) is 6.83. The topological polar surface area (TPSA) is 51.2 Å². The largest absolute Gasteiger partial charge is 0.367 e. The average Bonchev–Trinajstić information content (AvgIpc) is 2.56. The Hall–Kier alpha value is -2.72. The average molecular weight is 292 g/mol. The van der Waals surface area contributed by atoms with Crippen molar-refractivity contribution in [1.82, 2.24) is 4.98 Å². The predicted octanol–water partition coefficient (Wildman–Crippen LogP) is 3.39. The molecule has 110 valence electrons. The molecule has 3 rings (SSSR count). The van der Waals surface area contributed by atoms with Crippen LogP contribution >= 0.6 is 0 Å². The van der Waals surface area contributed by atoms with Gasteiger partial charge < -0.3 is 10.1 Å². The molecule has 22 heavy (non-hydrogen) atoms. The zero-order valence-corrected chi connectivity index (χ0v) is 12.0. The van der Waals surface area contributed by atoms with Crippen LogP contribution < -0.4 is 5.32 Å². The van der Waals surface area contributed by atoms with E-state index in [4.69, 9.17) is 4.74 Å². The van der Waals surface area contributed by atoms with Crippen molar-refractivity contribution in [1.29, 1.82) is 0 Å². The van der Waals surface area contributed by atoms with Gasteiger partial charge in [0.2, 0.25) is 5.91 Å². The zero-order chi connectivity index (χ0) is 15.2. The van der Waals surface area contributed by atoms with Crippen LogP contribution in [-0.4, -0.2) is 17.5 Å². The Kier molecular flexibility index (Phi) is 4.41. The van der Waals surface area contributed by atoms with E-state index in [1.54, 1.807) is 12.4 Å². The summed E-state index contributed by atoms with van der Waals surface area (Å²) in [4.78, 5) is 16.0. The van der Waals surface area contributed by atoms with Crippen LogP contribution in [0, 0.1) is 0 Å². The van der Waals surface area contributed by atoms with Gasteiger partial charge in [-0.25, -0.2) is 0 Å². The Bertz CT molecular complexity index is 772. The maximum Gasteiger partial charge on any atom is 0.250 e. The summed E-state index contributed by atoms with van der Waals surface area (Å²) in [6.45, 7) is 0.459. The van der Waals surface area contributed by atoms with Gasteiger partial charge in [0, 0.05) is 23.5 Å². The number of carbonyl (C=O) groups excluding carboxylic acids is 1. The molecule has 4 nitrogen and oxygen atoms in total. The van der Waals surface area contributed by atoms with E-state index >= 15 is 0 Å². The molecule has 0 aliphatic heterocycles. The van der Waals surface area contributed by atoms with Gasteiger partial charge in [-0.3, -0.25) is 9.78 Å². The molecule has 1 N–H and O–H groups in total. The minimum absolute atomic E-state index is 0.0310. The molecule has 2 aromatic carbocycles. The minimum Gasteiger partial charge on any atom is -0.367 e. The SMILES string of the molecule is O=C(COCc1ccccc1)Nc1ccc2cnccc2c1. The van der Waals surface area contributed by atoms with Crippen LogP contribution in [0.3, 0.4) is 0 Å². The van der Waals surface area contributed by atoms with E-state index in [0.29, 0.717) is 6.61 Å². The number of amides is 1. The van der Waals surface area contributed by atoms with Crippen molar-refractivity contribution >= 4 is 22.4 Å². The Balaban J connectivity index is 1.54. The van der Waals surface area contributed by atoms with Gasteiger partial charge in [-0.05, 0) is 29.1 Å². The smallest absolute Gasteiger partial charge is 0.250 e. The van der Waals surface area contributed by atoms with Crippen LogP contribution in [0.5, 0.6) is 0 Å². The van der Waals surface area contributed by atoms with Crippen LogP contribution in [-0.2, 0) is 16.1 Å². The van der Waals surface area contributed by atoms with Crippen LogP contribution in [0.4, 0.5) is 5.69 Å². The second-order valence-corrected chi connectivity index (χ2v) is 4.96. The number of nitrogens with zero attached hydrogens (tertiary/aromatic N) is 1. The first-order valence-corrected chi connectivity index (χ1v) is 7.06. The number of pyridine rings is 1. The highest BCUT2D eigenvalue weighted by molar-refractivity contribution is 5.94. The highest BCUT2D eigenvalue weighted by atomic mass is 16.5. The highest BCUT2D eigenvalue weighted by Gasteiger charge is 2.04. The Morgan fingerprint density at radius 1 is 1.05 bits per heavy atom. The van der Waals surface area contributed by atoms with Crippen molar-refractivity contribution in [3.8, 4) is 0 Å². The lowest BCUT2D eigenvalue weighted by molar-refractivity contribution is -0.121. The molecule has 0 bridgehead atoms. The normalized spacial score (nSPS) is 10.5. The lowest BCUT2D eigenvalue weighted by Gasteiger charge is -2.07. The molecule has 0 radical (unpaired) electrons. The van der Waals surface area contributed by atoms with Gasteiger partial charge in [-0.1, -0.05) is 36.4 Å². The molecule has 0 unspecified atom stereocenters. The molecular weight excluding hydrogens is 276 g/mol. The third kappa shape index (κ3) is 3.68. The molecule has 0 atom stereocenters. The van der Waals surface area contributed by atoms with Gasteiger partial charge >= 0.3 is 0 Å².